The Morgan fingerprint density at radius 3 is 2.67 bits per heavy atom. The van der Waals surface area contributed by atoms with Crippen molar-refractivity contribution in [1.29, 1.82) is 0 Å². The summed E-state index contributed by atoms with van der Waals surface area (Å²) in [5.74, 6) is 0.883. The van der Waals surface area contributed by atoms with Gasteiger partial charge in [0.2, 0.25) is 5.91 Å². The van der Waals surface area contributed by atoms with Gasteiger partial charge in [-0.05, 0) is 49.4 Å². The predicted octanol–water partition coefficient (Wildman–Crippen LogP) is 3.31. The van der Waals surface area contributed by atoms with Crippen molar-refractivity contribution >= 4 is 35.0 Å². The van der Waals surface area contributed by atoms with Crippen LogP contribution in [0.5, 0.6) is 0 Å². The maximum absolute atomic E-state index is 13.1. The van der Waals surface area contributed by atoms with Gasteiger partial charge < -0.3 is 21.3 Å². The lowest BCUT2D eigenvalue weighted by molar-refractivity contribution is -0.133. The second-order valence-corrected chi connectivity index (χ2v) is 9.13. The maximum Gasteiger partial charge on any atom is 0.251 e. The number of hydrogen-bond acceptors (Lipinski definition) is 4. The fourth-order valence-electron chi connectivity index (χ4n) is 3.85. The number of hydrogen-bond donors (Lipinski definition) is 3. The maximum atomic E-state index is 13.1. The van der Waals surface area contributed by atoms with E-state index < -0.39 is 0 Å². The molecule has 0 bridgehead atoms. The largest absolute Gasteiger partial charge is 0.350 e. The molecule has 0 spiro atoms. The van der Waals surface area contributed by atoms with Crippen LogP contribution in [-0.4, -0.2) is 55.0 Å². The zero-order valence-corrected chi connectivity index (χ0v) is 19.6. The highest BCUT2D eigenvalue weighted by Crippen LogP contribution is 2.23. The van der Waals surface area contributed by atoms with Gasteiger partial charge in [0.05, 0.1) is 16.1 Å². The normalized spacial score (nSPS) is 20.9. The Kier molecular flexibility index (Phi) is 9.88. The van der Waals surface area contributed by atoms with Crippen LogP contribution in [0.1, 0.15) is 50.4 Å². The molecule has 0 saturated carbocycles. The smallest absolute Gasteiger partial charge is 0.251 e. The molecule has 3 atom stereocenters. The van der Waals surface area contributed by atoms with E-state index in [0.717, 1.165) is 19.4 Å². The number of halogens is 2. The first-order valence-electron chi connectivity index (χ1n) is 10.7. The van der Waals surface area contributed by atoms with Crippen LogP contribution < -0.4 is 16.4 Å². The van der Waals surface area contributed by atoms with Crippen LogP contribution in [0, 0.1) is 11.8 Å². The monoisotopic (exact) mass is 456 g/mol. The summed E-state index contributed by atoms with van der Waals surface area (Å²) in [6.45, 7) is 8.86. The van der Waals surface area contributed by atoms with Crippen LogP contribution in [-0.2, 0) is 4.79 Å². The lowest BCUT2D eigenvalue weighted by Gasteiger charge is -2.30. The third kappa shape index (κ3) is 6.84. The minimum Gasteiger partial charge on any atom is -0.350 e. The van der Waals surface area contributed by atoms with Crippen LogP contribution in [0.25, 0.3) is 0 Å². The van der Waals surface area contributed by atoms with Crippen molar-refractivity contribution in [2.24, 2.45) is 17.6 Å². The second-order valence-electron chi connectivity index (χ2n) is 8.32. The molecule has 1 aliphatic rings. The van der Waals surface area contributed by atoms with Gasteiger partial charge in [0.1, 0.15) is 0 Å². The SMILES string of the molecule is CCC(CN1CCC(CNC(=O)c2ccc(Cl)c(Cl)c2)NC(CCN)C1=O)C(C)C. The van der Waals surface area contributed by atoms with Crippen molar-refractivity contribution in [3.8, 4) is 0 Å². The minimum atomic E-state index is -0.325. The molecule has 30 heavy (non-hydrogen) atoms. The van der Waals surface area contributed by atoms with Crippen LogP contribution in [0.2, 0.25) is 10.0 Å². The predicted molar refractivity (Wildman–Crippen MR) is 123 cm³/mol. The van der Waals surface area contributed by atoms with Gasteiger partial charge in [0.15, 0.2) is 0 Å². The van der Waals surface area contributed by atoms with Gasteiger partial charge in [-0.15, -0.1) is 0 Å². The zero-order chi connectivity index (χ0) is 22.3. The molecular formula is C22H34Cl2N4O2. The average molecular weight is 457 g/mol. The van der Waals surface area contributed by atoms with Gasteiger partial charge in [-0.25, -0.2) is 0 Å². The lowest BCUT2D eigenvalue weighted by atomic mass is 9.92. The summed E-state index contributed by atoms with van der Waals surface area (Å²) in [6.07, 6.45) is 2.38. The van der Waals surface area contributed by atoms with E-state index in [9.17, 15) is 9.59 Å². The second kappa shape index (κ2) is 11.9. The van der Waals surface area contributed by atoms with Gasteiger partial charge in [-0.1, -0.05) is 50.4 Å². The van der Waals surface area contributed by atoms with E-state index in [4.69, 9.17) is 28.9 Å². The van der Waals surface area contributed by atoms with E-state index in [1.807, 2.05) is 4.90 Å². The molecule has 1 heterocycles. The summed E-state index contributed by atoms with van der Waals surface area (Å²) in [7, 11) is 0. The number of nitrogens with zero attached hydrogens (tertiary/aromatic N) is 1. The molecule has 2 amide bonds. The molecule has 1 saturated heterocycles. The van der Waals surface area contributed by atoms with Crippen molar-refractivity contribution in [3.05, 3.63) is 33.8 Å². The Morgan fingerprint density at radius 1 is 1.33 bits per heavy atom. The summed E-state index contributed by atoms with van der Waals surface area (Å²) >= 11 is 11.9. The van der Waals surface area contributed by atoms with Crippen LogP contribution in [0.15, 0.2) is 18.2 Å². The number of rotatable bonds is 9. The van der Waals surface area contributed by atoms with E-state index in [-0.39, 0.29) is 23.9 Å². The Labute approximate surface area is 189 Å². The molecule has 8 heteroatoms. The fourth-order valence-corrected chi connectivity index (χ4v) is 4.14. The average Bonchev–Trinajstić information content (AvgIpc) is 2.85. The molecule has 1 aromatic carbocycles. The molecule has 1 fully saturated rings. The summed E-state index contributed by atoms with van der Waals surface area (Å²) in [4.78, 5) is 27.5. The molecule has 2 rings (SSSR count). The Hall–Kier alpha value is -1.34. The topological polar surface area (TPSA) is 87.5 Å². The van der Waals surface area contributed by atoms with Gasteiger partial charge >= 0.3 is 0 Å². The number of nitrogens with one attached hydrogen (secondary N) is 2. The molecule has 0 radical (unpaired) electrons. The van der Waals surface area contributed by atoms with Crippen LogP contribution >= 0.6 is 23.2 Å². The summed E-state index contributed by atoms with van der Waals surface area (Å²) in [5.41, 5.74) is 6.22. The first-order valence-corrected chi connectivity index (χ1v) is 11.5. The van der Waals surface area contributed by atoms with E-state index in [1.165, 1.54) is 0 Å². The lowest BCUT2D eigenvalue weighted by Crippen LogP contribution is -2.50. The Bertz CT molecular complexity index is 729. The minimum absolute atomic E-state index is 0.0126. The van der Waals surface area contributed by atoms with E-state index in [2.05, 4.69) is 31.4 Å². The van der Waals surface area contributed by atoms with E-state index in [1.54, 1.807) is 18.2 Å². The molecule has 0 aromatic heterocycles. The van der Waals surface area contributed by atoms with Crippen LogP contribution in [0.3, 0.4) is 0 Å². The summed E-state index contributed by atoms with van der Waals surface area (Å²) < 4.78 is 0. The van der Waals surface area contributed by atoms with Gasteiger partial charge in [0, 0.05) is 31.2 Å². The first-order chi connectivity index (χ1) is 14.3. The summed E-state index contributed by atoms with van der Waals surface area (Å²) in [6, 6.07) is 4.47. The van der Waals surface area contributed by atoms with Crippen molar-refractivity contribution in [3.63, 3.8) is 0 Å². The third-order valence-electron chi connectivity index (χ3n) is 5.86. The zero-order valence-electron chi connectivity index (χ0n) is 18.1. The van der Waals surface area contributed by atoms with E-state index >= 15 is 0 Å². The first kappa shape index (κ1) is 24.9. The van der Waals surface area contributed by atoms with Crippen molar-refractivity contribution in [2.75, 3.05) is 26.2 Å². The number of benzene rings is 1. The van der Waals surface area contributed by atoms with Crippen LogP contribution in [0.4, 0.5) is 0 Å². The van der Waals surface area contributed by atoms with E-state index in [0.29, 0.717) is 53.5 Å². The molecule has 1 aromatic rings. The third-order valence-corrected chi connectivity index (χ3v) is 6.60. The molecule has 1 aliphatic heterocycles. The quantitative estimate of drug-likeness (QED) is 0.531. The highest BCUT2D eigenvalue weighted by Gasteiger charge is 2.31. The van der Waals surface area contributed by atoms with Gasteiger partial charge in [0.25, 0.3) is 5.91 Å². The molecule has 6 nitrogen and oxygen atoms in total. The molecule has 0 aliphatic carbocycles. The number of carbonyl (C=O) groups is 2. The van der Waals surface area contributed by atoms with Gasteiger partial charge in [-0.3, -0.25) is 9.59 Å². The molecular weight excluding hydrogens is 423 g/mol. The van der Waals surface area contributed by atoms with Crippen molar-refractivity contribution < 1.29 is 9.59 Å². The Balaban J connectivity index is 2.02. The standard InChI is InChI=1S/C22H34Cl2N4O2/c1-4-15(14(2)3)13-28-10-8-17(27-20(7-9-25)22(28)30)12-26-21(29)16-5-6-18(23)19(24)11-16/h5-6,11,14-15,17,20,27H,4,7-10,12-13,25H2,1-3H3,(H,26,29). The highest BCUT2D eigenvalue weighted by molar-refractivity contribution is 6.42. The molecule has 3 unspecified atom stereocenters. The number of amides is 2. The van der Waals surface area contributed by atoms with Gasteiger partial charge in [-0.2, -0.15) is 0 Å². The van der Waals surface area contributed by atoms with Crippen molar-refractivity contribution in [1.82, 2.24) is 15.5 Å². The number of nitrogens with two attached hydrogens (primary N) is 1. The van der Waals surface area contributed by atoms with Crippen molar-refractivity contribution in [2.45, 2.75) is 52.1 Å². The summed E-state index contributed by atoms with van der Waals surface area (Å²) in [5, 5.41) is 7.11. The Morgan fingerprint density at radius 2 is 2.07 bits per heavy atom. The number of carbonyl (C=O) groups excluding carboxylic acids is 2. The molecule has 168 valence electrons. The molecule has 4 N–H and O–H groups in total. The fraction of sp³-hybridized carbons (Fsp3) is 0.636. The highest BCUT2D eigenvalue weighted by atomic mass is 35.5.